The molecule has 3 atom stereocenters. The molecule has 0 spiro atoms. The van der Waals surface area contributed by atoms with Crippen LogP contribution >= 0.6 is 22.7 Å². The van der Waals surface area contributed by atoms with Gasteiger partial charge in [0, 0.05) is 36.5 Å². The van der Waals surface area contributed by atoms with Gasteiger partial charge < -0.3 is 10.6 Å². The van der Waals surface area contributed by atoms with Crippen LogP contribution in [0.3, 0.4) is 0 Å². The van der Waals surface area contributed by atoms with E-state index in [0.717, 1.165) is 25.6 Å². The monoisotopic (exact) mass is 404 g/mol. The molecule has 6 heteroatoms. The minimum Gasteiger partial charge on any atom is -0.357 e. The lowest BCUT2D eigenvalue weighted by molar-refractivity contribution is 0.125. The van der Waals surface area contributed by atoms with Crippen molar-refractivity contribution in [1.29, 1.82) is 0 Å². The zero-order valence-electron chi connectivity index (χ0n) is 16.6. The van der Waals surface area contributed by atoms with Crippen LogP contribution in [0.25, 0.3) is 0 Å². The van der Waals surface area contributed by atoms with Crippen LogP contribution in [-0.4, -0.2) is 44.1 Å². The molecule has 27 heavy (non-hydrogen) atoms. The van der Waals surface area contributed by atoms with Gasteiger partial charge in [0.2, 0.25) is 0 Å². The third-order valence-corrected chi connectivity index (χ3v) is 7.00. The molecule has 2 N–H and O–H groups in total. The van der Waals surface area contributed by atoms with Gasteiger partial charge in [-0.25, -0.2) is 0 Å². The zero-order valence-corrected chi connectivity index (χ0v) is 18.3. The number of nitrogens with zero attached hydrogens (tertiary/aromatic N) is 2. The molecular weight excluding hydrogens is 372 g/mol. The second-order valence-electron chi connectivity index (χ2n) is 7.40. The Morgan fingerprint density at radius 3 is 2.93 bits per heavy atom. The summed E-state index contributed by atoms with van der Waals surface area (Å²) in [4.78, 5) is 8.85. The second-order valence-corrected chi connectivity index (χ2v) is 9.16. The first-order valence-electron chi connectivity index (χ1n) is 9.97. The van der Waals surface area contributed by atoms with Crippen LogP contribution in [0.4, 0.5) is 0 Å². The van der Waals surface area contributed by atoms with Crippen molar-refractivity contribution in [3.05, 3.63) is 44.8 Å². The molecule has 0 bridgehead atoms. The smallest absolute Gasteiger partial charge is 0.191 e. The van der Waals surface area contributed by atoms with E-state index in [2.05, 4.69) is 70.8 Å². The van der Waals surface area contributed by atoms with Gasteiger partial charge in [0.25, 0.3) is 0 Å². The Labute approximate surface area is 171 Å². The quantitative estimate of drug-likeness (QED) is 0.525. The van der Waals surface area contributed by atoms with Gasteiger partial charge in [0.05, 0.1) is 0 Å². The Morgan fingerprint density at radius 1 is 1.33 bits per heavy atom. The van der Waals surface area contributed by atoms with Gasteiger partial charge in [-0.15, -0.1) is 11.3 Å². The molecule has 2 aromatic rings. The SMILES string of the molecule is CCNC(=NCC(C)c1ccsc1)NCC1CCCN(C)C1c1cccs1. The number of rotatable bonds is 7. The van der Waals surface area contributed by atoms with E-state index >= 15 is 0 Å². The Bertz CT molecular complexity index is 681. The summed E-state index contributed by atoms with van der Waals surface area (Å²) in [6.07, 6.45) is 2.54. The van der Waals surface area contributed by atoms with Crippen molar-refractivity contribution >= 4 is 28.6 Å². The molecule has 0 amide bonds. The molecule has 0 aliphatic carbocycles. The number of hydrogen-bond acceptors (Lipinski definition) is 4. The molecule has 1 saturated heterocycles. The van der Waals surface area contributed by atoms with Crippen molar-refractivity contribution in [1.82, 2.24) is 15.5 Å². The third kappa shape index (κ3) is 5.56. The highest BCUT2D eigenvalue weighted by molar-refractivity contribution is 7.10. The summed E-state index contributed by atoms with van der Waals surface area (Å²) < 4.78 is 0. The number of nitrogens with one attached hydrogen (secondary N) is 2. The molecule has 3 unspecified atom stereocenters. The summed E-state index contributed by atoms with van der Waals surface area (Å²) in [6, 6.07) is 7.17. The fourth-order valence-corrected chi connectivity index (χ4v) is 5.61. The lowest BCUT2D eigenvalue weighted by Gasteiger charge is -2.39. The standard InChI is InChI=1S/C21H32N4S2/c1-4-22-21(23-13-16(2)18-9-12-26-15-18)24-14-17-7-5-10-25(3)20(17)19-8-6-11-27-19/h6,8-9,11-12,15-17,20H,4-5,7,10,13-14H2,1-3H3,(H2,22,23,24). The first-order valence-corrected chi connectivity index (χ1v) is 11.8. The summed E-state index contributed by atoms with van der Waals surface area (Å²) in [7, 11) is 2.26. The molecular formula is C21H32N4S2. The van der Waals surface area contributed by atoms with Gasteiger partial charge in [0.1, 0.15) is 0 Å². The summed E-state index contributed by atoms with van der Waals surface area (Å²) in [5.74, 6) is 2.00. The van der Waals surface area contributed by atoms with Crippen LogP contribution < -0.4 is 10.6 Å². The first-order chi connectivity index (χ1) is 13.2. The normalized spacial score (nSPS) is 22.6. The van der Waals surface area contributed by atoms with Crippen molar-refractivity contribution in [3.63, 3.8) is 0 Å². The lowest BCUT2D eigenvalue weighted by Crippen LogP contribution is -2.45. The highest BCUT2D eigenvalue weighted by Gasteiger charge is 2.31. The maximum absolute atomic E-state index is 4.85. The Morgan fingerprint density at radius 2 is 2.22 bits per heavy atom. The molecule has 0 saturated carbocycles. The van der Waals surface area contributed by atoms with E-state index in [1.807, 2.05) is 11.3 Å². The average molecular weight is 405 g/mol. The predicted octanol–water partition coefficient (Wildman–Crippen LogP) is 4.55. The van der Waals surface area contributed by atoms with Gasteiger partial charge in [-0.2, -0.15) is 11.3 Å². The fourth-order valence-electron chi connectivity index (χ4n) is 3.84. The van der Waals surface area contributed by atoms with E-state index < -0.39 is 0 Å². The average Bonchev–Trinajstić information content (AvgIpc) is 3.37. The first kappa shape index (κ1) is 20.4. The zero-order chi connectivity index (χ0) is 19.1. The number of hydrogen-bond donors (Lipinski definition) is 2. The van der Waals surface area contributed by atoms with Gasteiger partial charge in [-0.3, -0.25) is 9.89 Å². The molecule has 0 aromatic carbocycles. The van der Waals surface area contributed by atoms with Gasteiger partial charge in [0.15, 0.2) is 5.96 Å². The molecule has 0 radical (unpaired) electrons. The maximum atomic E-state index is 4.85. The van der Waals surface area contributed by atoms with Crippen molar-refractivity contribution < 1.29 is 0 Å². The molecule has 1 aliphatic heterocycles. The number of aliphatic imine (C=N–C) groups is 1. The van der Waals surface area contributed by atoms with Crippen molar-refractivity contribution in [2.75, 3.05) is 33.2 Å². The highest BCUT2D eigenvalue weighted by atomic mass is 32.1. The lowest BCUT2D eigenvalue weighted by atomic mass is 9.88. The largest absolute Gasteiger partial charge is 0.357 e. The van der Waals surface area contributed by atoms with E-state index in [1.54, 1.807) is 11.3 Å². The number of thiophene rings is 2. The van der Waals surface area contributed by atoms with Crippen LogP contribution in [0.1, 0.15) is 49.1 Å². The van der Waals surface area contributed by atoms with Gasteiger partial charge >= 0.3 is 0 Å². The summed E-state index contributed by atoms with van der Waals surface area (Å²) in [5, 5.41) is 13.6. The minimum atomic E-state index is 0.450. The van der Waals surface area contributed by atoms with E-state index in [1.165, 1.54) is 29.8 Å². The molecule has 3 rings (SSSR count). The summed E-state index contributed by atoms with van der Waals surface area (Å²) in [5.41, 5.74) is 1.38. The van der Waals surface area contributed by atoms with E-state index in [0.29, 0.717) is 17.9 Å². The molecule has 148 valence electrons. The minimum absolute atomic E-state index is 0.450. The topological polar surface area (TPSA) is 39.7 Å². The van der Waals surface area contributed by atoms with Crippen LogP contribution in [0, 0.1) is 5.92 Å². The van der Waals surface area contributed by atoms with Crippen LogP contribution in [0.5, 0.6) is 0 Å². The fraction of sp³-hybridized carbons (Fsp3) is 0.571. The molecule has 4 nitrogen and oxygen atoms in total. The van der Waals surface area contributed by atoms with Crippen molar-refractivity contribution in [2.24, 2.45) is 10.9 Å². The van der Waals surface area contributed by atoms with E-state index in [-0.39, 0.29) is 0 Å². The van der Waals surface area contributed by atoms with Gasteiger partial charge in [-0.1, -0.05) is 13.0 Å². The summed E-state index contributed by atoms with van der Waals surface area (Å²) in [6.45, 7) is 8.22. The van der Waals surface area contributed by atoms with Crippen molar-refractivity contribution in [2.45, 2.75) is 38.6 Å². The van der Waals surface area contributed by atoms with Crippen LogP contribution in [0.15, 0.2) is 39.3 Å². The molecule has 1 aliphatic rings. The van der Waals surface area contributed by atoms with E-state index in [4.69, 9.17) is 4.99 Å². The Kier molecular flexibility index (Phi) is 7.73. The molecule has 3 heterocycles. The van der Waals surface area contributed by atoms with Gasteiger partial charge in [-0.05, 0) is 73.1 Å². The van der Waals surface area contributed by atoms with Crippen LogP contribution in [-0.2, 0) is 0 Å². The number of piperidine rings is 1. The maximum Gasteiger partial charge on any atom is 0.191 e. The Balaban J connectivity index is 1.61. The number of guanidine groups is 1. The second kappa shape index (κ2) is 10.2. The predicted molar refractivity (Wildman–Crippen MR) is 119 cm³/mol. The van der Waals surface area contributed by atoms with Crippen LogP contribution in [0.2, 0.25) is 0 Å². The Hall–Kier alpha value is -1.37. The molecule has 2 aromatic heterocycles. The van der Waals surface area contributed by atoms with Crippen molar-refractivity contribution in [3.8, 4) is 0 Å². The molecule has 1 fully saturated rings. The number of likely N-dealkylation sites (tertiary alicyclic amines) is 1. The third-order valence-electron chi connectivity index (χ3n) is 5.35. The van der Waals surface area contributed by atoms with E-state index in [9.17, 15) is 0 Å². The summed E-state index contributed by atoms with van der Waals surface area (Å²) >= 11 is 3.64. The highest BCUT2D eigenvalue weighted by Crippen LogP contribution is 2.36.